The third kappa shape index (κ3) is 5.75. The van der Waals surface area contributed by atoms with Crippen LogP contribution in [-0.4, -0.2) is 22.8 Å². The van der Waals surface area contributed by atoms with Crippen molar-refractivity contribution in [2.75, 3.05) is 5.32 Å². The fraction of sp³-hybridized carbons (Fsp3) is 0.400. The molecule has 1 aromatic rings. The van der Waals surface area contributed by atoms with E-state index >= 15 is 0 Å². The van der Waals surface area contributed by atoms with E-state index in [0.29, 0.717) is 11.3 Å². The minimum atomic E-state index is -0.557. The van der Waals surface area contributed by atoms with Crippen molar-refractivity contribution in [3.63, 3.8) is 0 Å². The molecule has 20 heavy (non-hydrogen) atoms. The van der Waals surface area contributed by atoms with Crippen LogP contribution in [0.15, 0.2) is 24.3 Å². The first-order chi connectivity index (χ1) is 9.17. The lowest BCUT2D eigenvalue weighted by atomic mass is 10.1. The predicted octanol–water partition coefficient (Wildman–Crippen LogP) is 3.10. The molecule has 0 fully saturated rings. The van der Waals surface area contributed by atoms with Gasteiger partial charge in [0, 0.05) is 17.3 Å². The fourth-order valence-corrected chi connectivity index (χ4v) is 1.44. The van der Waals surface area contributed by atoms with E-state index in [9.17, 15) is 9.90 Å². The number of phenols is 1. The second kappa shape index (κ2) is 6.43. The first kappa shape index (κ1) is 16.0. The fourth-order valence-electron chi connectivity index (χ4n) is 1.44. The highest BCUT2D eigenvalue weighted by Gasteiger charge is 2.16. The number of hydrogen-bond donors (Lipinski definition) is 3. The molecule has 5 heteroatoms. The Morgan fingerprint density at radius 1 is 1.45 bits per heavy atom. The van der Waals surface area contributed by atoms with E-state index in [-0.39, 0.29) is 11.8 Å². The van der Waals surface area contributed by atoms with Crippen LogP contribution in [0.1, 0.15) is 33.3 Å². The number of nitrogens with one attached hydrogen (secondary N) is 1. The van der Waals surface area contributed by atoms with E-state index in [1.54, 1.807) is 45.1 Å². The van der Waals surface area contributed by atoms with Crippen LogP contribution >= 0.6 is 0 Å². The summed E-state index contributed by atoms with van der Waals surface area (Å²) in [5.41, 5.74) is 6.19. The molecule has 4 N–H and O–H groups in total. The first-order valence-electron chi connectivity index (χ1n) is 6.44. The highest BCUT2D eigenvalue weighted by molar-refractivity contribution is 5.85. The quantitative estimate of drug-likeness (QED) is 0.742. The molecule has 0 saturated carbocycles. The van der Waals surface area contributed by atoms with E-state index in [0.717, 1.165) is 0 Å². The van der Waals surface area contributed by atoms with Crippen molar-refractivity contribution in [3.05, 3.63) is 29.8 Å². The van der Waals surface area contributed by atoms with Gasteiger partial charge in [0.05, 0.1) is 0 Å². The molecule has 1 aromatic carbocycles. The number of aromatic hydroxyl groups is 1. The van der Waals surface area contributed by atoms with Gasteiger partial charge in [-0.25, -0.2) is 4.79 Å². The Labute approximate surface area is 119 Å². The molecular formula is C15H22N2O3. The Bertz CT molecular complexity index is 502. The summed E-state index contributed by atoms with van der Waals surface area (Å²) in [5.74, 6) is 0.122. The Hall–Kier alpha value is -2.01. The van der Waals surface area contributed by atoms with Crippen LogP contribution in [0, 0.1) is 0 Å². The molecule has 0 heterocycles. The second-order valence-electron chi connectivity index (χ2n) is 5.62. The van der Waals surface area contributed by atoms with E-state index < -0.39 is 11.7 Å². The van der Waals surface area contributed by atoms with Crippen LogP contribution in [0.2, 0.25) is 0 Å². The third-order valence-electron chi connectivity index (χ3n) is 2.25. The van der Waals surface area contributed by atoms with E-state index in [4.69, 9.17) is 10.5 Å². The Morgan fingerprint density at radius 2 is 2.10 bits per heavy atom. The van der Waals surface area contributed by atoms with Crippen molar-refractivity contribution in [2.24, 2.45) is 5.73 Å². The van der Waals surface area contributed by atoms with E-state index in [1.807, 2.05) is 6.92 Å². The topological polar surface area (TPSA) is 84.6 Å². The molecule has 110 valence electrons. The third-order valence-corrected chi connectivity index (χ3v) is 2.25. The van der Waals surface area contributed by atoms with Gasteiger partial charge in [-0.1, -0.05) is 12.2 Å². The summed E-state index contributed by atoms with van der Waals surface area (Å²) in [4.78, 5) is 11.7. The molecule has 0 aliphatic heterocycles. The van der Waals surface area contributed by atoms with Crippen molar-refractivity contribution >= 4 is 17.9 Å². The van der Waals surface area contributed by atoms with Gasteiger partial charge in [-0.3, -0.25) is 5.32 Å². The van der Waals surface area contributed by atoms with Gasteiger partial charge in [-0.15, -0.1) is 0 Å². The molecule has 1 unspecified atom stereocenters. The molecule has 0 spiro atoms. The molecule has 1 amide bonds. The summed E-state index contributed by atoms with van der Waals surface area (Å²) in [6.45, 7) is 7.21. The standard InChI is InChI=1S/C15H22N2O3/c1-10(16)5-6-11-9-12(7-8-13(11)18)17-14(19)20-15(2,3)4/h5-10,18H,16H2,1-4H3,(H,17,19)/b6-5+. The zero-order valence-electron chi connectivity index (χ0n) is 12.3. The van der Waals surface area contributed by atoms with Gasteiger partial charge in [0.25, 0.3) is 0 Å². The molecule has 1 atom stereocenters. The van der Waals surface area contributed by atoms with Crippen molar-refractivity contribution in [1.82, 2.24) is 0 Å². The molecule has 0 aromatic heterocycles. The summed E-state index contributed by atoms with van der Waals surface area (Å²) in [6, 6.07) is 4.64. The summed E-state index contributed by atoms with van der Waals surface area (Å²) in [5, 5.41) is 12.3. The molecule has 0 saturated heterocycles. The molecule has 0 aliphatic rings. The number of anilines is 1. The average molecular weight is 278 g/mol. The highest BCUT2D eigenvalue weighted by Crippen LogP contribution is 2.23. The van der Waals surface area contributed by atoms with Gasteiger partial charge >= 0.3 is 6.09 Å². The lowest BCUT2D eigenvalue weighted by Crippen LogP contribution is -2.27. The number of amides is 1. The number of rotatable bonds is 3. The van der Waals surface area contributed by atoms with Gasteiger partial charge in [0.15, 0.2) is 0 Å². The molecule has 0 bridgehead atoms. The number of benzene rings is 1. The zero-order chi connectivity index (χ0) is 15.3. The monoisotopic (exact) mass is 278 g/mol. The van der Waals surface area contributed by atoms with Crippen molar-refractivity contribution < 1.29 is 14.6 Å². The smallest absolute Gasteiger partial charge is 0.412 e. The molecule has 0 radical (unpaired) electrons. The molecule has 1 rings (SSSR count). The largest absolute Gasteiger partial charge is 0.507 e. The Kier molecular flexibility index (Phi) is 5.16. The zero-order valence-corrected chi connectivity index (χ0v) is 12.3. The van der Waals surface area contributed by atoms with Gasteiger partial charge in [0.2, 0.25) is 0 Å². The highest BCUT2D eigenvalue weighted by atomic mass is 16.6. The SMILES string of the molecule is CC(N)/C=C/c1cc(NC(=O)OC(C)(C)C)ccc1O. The van der Waals surface area contributed by atoms with Crippen molar-refractivity contribution in [1.29, 1.82) is 0 Å². The molecular weight excluding hydrogens is 256 g/mol. The van der Waals surface area contributed by atoms with Crippen molar-refractivity contribution in [3.8, 4) is 5.75 Å². The summed E-state index contributed by atoms with van der Waals surface area (Å²) in [7, 11) is 0. The van der Waals surface area contributed by atoms with E-state index in [1.165, 1.54) is 6.07 Å². The Morgan fingerprint density at radius 3 is 2.65 bits per heavy atom. The van der Waals surface area contributed by atoms with Gasteiger partial charge in [-0.05, 0) is 45.9 Å². The summed E-state index contributed by atoms with van der Waals surface area (Å²) >= 11 is 0. The Balaban J connectivity index is 2.82. The van der Waals surface area contributed by atoms with Crippen LogP contribution in [0.25, 0.3) is 6.08 Å². The molecule has 5 nitrogen and oxygen atoms in total. The summed E-state index contributed by atoms with van der Waals surface area (Å²) in [6.07, 6.45) is 2.93. The van der Waals surface area contributed by atoms with Crippen LogP contribution in [-0.2, 0) is 4.74 Å². The van der Waals surface area contributed by atoms with Crippen LogP contribution in [0.5, 0.6) is 5.75 Å². The van der Waals surface area contributed by atoms with Crippen molar-refractivity contribution in [2.45, 2.75) is 39.3 Å². The van der Waals surface area contributed by atoms with Crippen LogP contribution < -0.4 is 11.1 Å². The maximum Gasteiger partial charge on any atom is 0.412 e. The normalized spacial score (nSPS) is 13.2. The lowest BCUT2D eigenvalue weighted by Gasteiger charge is -2.19. The second-order valence-corrected chi connectivity index (χ2v) is 5.62. The summed E-state index contributed by atoms with van der Waals surface area (Å²) < 4.78 is 5.16. The molecule has 0 aliphatic carbocycles. The number of ether oxygens (including phenoxy) is 1. The van der Waals surface area contributed by atoms with Crippen LogP contribution in [0.4, 0.5) is 10.5 Å². The number of carbonyl (C=O) groups excluding carboxylic acids is 1. The number of nitrogens with two attached hydrogens (primary N) is 1. The van der Waals surface area contributed by atoms with E-state index in [2.05, 4.69) is 5.32 Å². The maximum atomic E-state index is 11.7. The first-order valence-corrected chi connectivity index (χ1v) is 6.44. The minimum absolute atomic E-state index is 0.114. The average Bonchev–Trinajstić information content (AvgIpc) is 2.27. The lowest BCUT2D eigenvalue weighted by molar-refractivity contribution is 0.0636. The van der Waals surface area contributed by atoms with Gasteiger partial charge < -0.3 is 15.6 Å². The van der Waals surface area contributed by atoms with Gasteiger partial charge in [-0.2, -0.15) is 0 Å². The number of phenolic OH excluding ortho intramolecular Hbond substituents is 1. The predicted molar refractivity (Wildman–Crippen MR) is 80.6 cm³/mol. The minimum Gasteiger partial charge on any atom is -0.507 e. The number of hydrogen-bond acceptors (Lipinski definition) is 4. The maximum absolute atomic E-state index is 11.7. The number of carbonyl (C=O) groups is 1. The van der Waals surface area contributed by atoms with Gasteiger partial charge in [0.1, 0.15) is 11.4 Å². The van der Waals surface area contributed by atoms with Crippen LogP contribution in [0.3, 0.4) is 0 Å².